The first-order valence-corrected chi connectivity index (χ1v) is 10.6. The van der Waals surface area contributed by atoms with E-state index in [0.717, 1.165) is 22.0 Å². The Labute approximate surface area is 200 Å². The molecule has 1 fully saturated rings. The molecule has 12 nitrogen and oxygen atoms in total. The van der Waals surface area contributed by atoms with Gasteiger partial charge in [-0.25, -0.2) is 9.91 Å². The van der Waals surface area contributed by atoms with Gasteiger partial charge >= 0.3 is 0 Å². The Bertz CT molecular complexity index is 1180. The van der Waals surface area contributed by atoms with E-state index in [2.05, 4.69) is 5.43 Å². The molecule has 0 bridgehead atoms. The number of carbonyl (C=O) groups is 4. The third-order valence-electron chi connectivity index (χ3n) is 5.36. The Morgan fingerprint density at radius 3 is 2.31 bits per heavy atom. The second kappa shape index (κ2) is 10.2. The van der Waals surface area contributed by atoms with Crippen LogP contribution in [0.3, 0.4) is 0 Å². The molecule has 1 saturated heterocycles. The van der Waals surface area contributed by atoms with Crippen LogP contribution in [0.4, 0.5) is 11.4 Å². The number of hydrogen-bond acceptors (Lipinski definition) is 8. The van der Waals surface area contributed by atoms with Crippen LogP contribution in [0.5, 0.6) is 11.5 Å². The van der Waals surface area contributed by atoms with Gasteiger partial charge in [-0.05, 0) is 30.3 Å². The molecule has 0 saturated carbocycles. The van der Waals surface area contributed by atoms with Gasteiger partial charge in [-0.1, -0.05) is 13.8 Å². The van der Waals surface area contributed by atoms with E-state index in [0.29, 0.717) is 5.75 Å². The molecule has 3 rings (SSSR count). The number of hydrazine groups is 1. The van der Waals surface area contributed by atoms with Crippen LogP contribution in [0.15, 0.2) is 42.5 Å². The van der Waals surface area contributed by atoms with Gasteiger partial charge in [0.2, 0.25) is 11.8 Å². The SMILES string of the molecule is COc1ccc(C(=O)NN(C(=O)C(C)C)C2CC(=O)N(c3ccc([N+](=O)[O-])cc3OC)C2=O)cc1. The van der Waals surface area contributed by atoms with Crippen molar-refractivity contribution in [2.24, 2.45) is 5.92 Å². The lowest BCUT2D eigenvalue weighted by Crippen LogP contribution is -2.55. The molecule has 1 unspecified atom stereocenters. The minimum atomic E-state index is -1.32. The van der Waals surface area contributed by atoms with Crippen molar-refractivity contribution in [2.45, 2.75) is 26.3 Å². The van der Waals surface area contributed by atoms with Crippen molar-refractivity contribution in [1.82, 2.24) is 10.4 Å². The lowest BCUT2D eigenvalue weighted by molar-refractivity contribution is -0.384. The largest absolute Gasteiger partial charge is 0.497 e. The summed E-state index contributed by atoms with van der Waals surface area (Å²) in [6.45, 7) is 3.18. The number of amides is 4. The number of imide groups is 1. The first-order valence-electron chi connectivity index (χ1n) is 10.6. The lowest BCUT2D eigenvalue weighted by Gasteiger charge is -2.29. The number of nitrogens with one attached hydrogen (secondary N) is 1. The molecule has 4 amide bonds. The van der Waals surface area contributed by atoms with Crippen LogP contribution >= 0.6 is 0 Å². The summed E-state index contributed by atoms with van der Waals surface area (Å²) in [5.41, 5.74) is 2.37. The highest BCUT2D eigenvalue weighted by atomic mass is 16.6. The summed E-state index contributed by atoms with van der Waals surface area (Å²) in [7, 11) is 2.72. The number of nitro benzene ring substituents is 1. The first-order chi connectivity index (χ1) is 16.6. The van der Waals surface area contributed by atoms with Gasteiger partial charge in [0.05, 0.1) is 37.3 Å². The van der Waals surface area contributed by atoms with E-state index in [-0.39, 0.29) is 22.7 Å². The van der Waals surface area contributed by atoms with Crippen LogP contribution < -0.4 is 19.8 Å². The van der Waals surface area contributed by atoms with E-state index >= 15 is 0 Å². The minimum absolute atomic E-state index is 0.00553. The zero-order valence-corrected chi connectivity index (χ0v) is 19.5. The quantitative estimate of drug-likeness (QED) is 0.357. The standard InChI is InChI=1S/C23H24N4O8/c1-13(2)22(30)26(24-21(29)14-5-8-16(34-3)9-6-14)18-12-20(28)25(23(18)31)17-10-7-15(27(32)33)11-19(17)35-4/h5-11,13,18H,12H2,1-4H3,(H,24,29). The van der Waals surface area contributed by atoms with Gasteiger partial charge in [0.25, 0.3) is 17.5 Å². The predicted octanol–water partition coefficient (Wildman–Crippen LogP) is 2.07. The van der Waals surface area contributed by atoms with E-state index in [9.17, 15) is 29.3 Å². The van der Waals surface area contributed by atoms with Crippen molar-refractivity contribution >= 4 is 35.0 Å². The Kier molecular flexibility index (Phi) is 7.33. The van der Waals surface area contributed by atoms with Crippen LogP contribution in [0.1, 0.15) is 30.6 Å². The van der Waals surface area contributed by atoms with E-state index in [1.165, 1.54) is 32.4 Å². The average molecular weight is 484 g/mol. The molecule has 184 valence electrons. The Hall–Kier alpha value is -4.48. The fraction of sp³-hybridized carbons (Fsp3) is 0.304. The monoisotopic (exact) mass is 484 g/mol. The van der Waals surface area contributed by atoms with Crippen LogP contribution in [-0.2, 0) is 14.4 Å². The first kappa shape index (κ1) is 25.1. The Morgan fingerprint density at radius 2 is 1.77 bits per heavy atom. The molecule has 0 aromatic heterocycles. The second-order valence-corrected chi connectivity index (χ2v) is 7.93. The number of rotatable bonds is 7. The molecule has 0 aliphatic carbocycles. The number of methoxy groups -OCH3 is 2. The highest BCUT2D eigenvalue weighted by Gasteiger charge is 2.46. The molecule has 1 N–H and O–H groups in total. The molecule has 1 aliphatic rings. The average Bonchev–Trinajstić information content (AvgIpc) is 3.14. The van der Waals surface area contributed by atoms with E-state index in [1.54, 1.807) is 26.0 Å². The number of benzene rings is 2. The van der Waals surface area contributed by atoms with Crippen molar-refractivity contribution in [3.63, 3.8) is 0 Å². The van der Waals surface area contributed by atoms with Crippen molar-refractivity contribution in [3.05, 3.63) is 58.1 Å². The molecule has 2 aromatic carbocycles. The van der Waals surface area contributed by atoms with E-state index in [4.69, 9.17) is 9.47 Å². The van der Waals surface area contributed by atoms with Crippen molar-refractivity contribution in [1.29, 1.82) is 0 Å². The van der Waals surface area contributed by atoms with Gasteiger partial charge < -0.3 is 9.47 Å². The maximum atomic E-state index is 13.3. The fourth-order valence-corrected chi connectivity index (χ4v) is 3.52. The van der Waals surface area contributed by atoms with Crippen molar-refractivity contribution in [2.75, 3.05) is 19.1 Å². The maximum absolute atomic E-state index is 13.3. The summed E-state index contributed by atoms with van der Waals surface area (Å²) >= 11 is 0. The number of non-ortho nitro benzene ring substituents is 1. The molecule has 1 atom stereocenters. The summed E-state index contributed by atoms with van der Waals surface area (Å²) < 4.78 is 10.2. The molecular formula is C23H24N4O8. The van der Waals surface area contributed by atoms with E-state index in [1.807, 2.05) is 0 Å². The summed E-state index contributed by atoms with van der Waals surface area (Å²) in [5.74, 6) is -2.81. The van der Waals surface area contributed by atoms with Gasteiger partial charge in [0.15, 0.2) is 0 Å². The van der Waals surface area contributed by atoms with Crippen molar-refractivity contribution in [3.8, 4) is 11.5 Å². The smallest absolute Gasteiger partial charge is 0.273 e. The molecule has 2 aromatic rings. The number of hydrogen-bond donors (Lipinski definition) is 1. The predicted molar refractivity (Wildman–Crippen MR) is 123 cm³/mol. The summed E-state index contributed by atoms with van der Waals surface area (Å²) in [6.07, 6.45) is -0.402. The zero-order valence-electron chi connectivity index (χ0n) is 19.5. The van der Waals surface area contributed by atoms with Gasteiger partial charge in [-0.15, -0.1) is 0 Å². The molecule has 1 heterocycles. The number of carbonyl (C=O) groups excluding carboxylic acids is 4. The molecule has 1 aliphatic heterocycles. The molecule has 0 spiro atoms. The third-order valence-corrected chi connectivity index (χ3v) is 5.36. The third kappa shape index (κ3) is 5.05. The van der Waals surface area contributed by atoms with Gasteiger partial charge in [-0.2, -0.15) is 0 Å². The Balaban J connectivity index is 1.93. The van der Waals surface area contributed by atoms with Crippen LogP contribution in [0.2, 0.25) is 0 Å². The number of anilines is 1. The molecule has 35 heavy (non-hydrogen) atoms. The number of ether oxygens (including phenoxy) is 2. The lowest BCUT2D eigenvalue weighted by atomic mass is 10.1. The maximum Gasteiger partial charge on any atom is 0.273 e. The number of nitrogens with zero attached hydrogens (tertiary/aromatic N) is 3. The van der Waals surface area contributed by atoms with Gasteiger partial charge in [0, 0.05) is 17.5 Å². The summed E-state index contributed by atoms with van der Waals surface area (Å²) in [6, 6.07) is 8.23. The molecule has 12 heteroatoms. The zero-order chi connectivity index (χ0) is 25.9. The van der Waals surface area contributed by atoms with Gasteiger partial charge in [0.1, 0.15) is 17.5 Å². The number of nitro groups is 1. The fourth-order valence-electron chi connectivity index (χ4n) is 3.52. The summed E-state index contributed by atoms with van der Waals surface area (Å²) in [4.78, 5) is 63.2. The van der Waals surface area contributed by atoms with Crippen LogP contribution in [-0.4, -0.2) is 53.8 Å². The highest BCUT2D eigenvalue weighted by molar-refractivity contribution is 6.23. The van der Waals surface area contributed by atoms with Crippen LogP contribution in [0.25, 0.3) is 0 Å². The molecular weight excluding hydrogens is 460 g/mol. The summed E-state index contributed by atoms with van der Waals surface area (Å²) in [5, 5.41) is 11.9. The van der Waals surface area contributed by atoms with Gasteiger partial charge in [-0.3, -0.25) is 34.7 Å². The van der Waals surface area contributed by atoms with Crippen LogP contribution in [0, 0.1) is 16.0 Å². The van der Waals surface area contributed by atoms with Crippen molar-refractivity contribution < 1.29 is 33.6 Å². The normalized spacial score (nSPS) is 15.2. The molecule has 0 radical (unpaired) electrons. The second-order valence-electron chi connectivity index (χ2n) is 7.93. The minimum Gasteiger partial charge on any atom is -0.497 e. The topological polar surface area (TPSA) is 148 Å². The Morgan fingerprint density at radius 1 is 1.11 bits per heavy atom. The van der Waals surface area contributed by atoms with E-state index < -0.39 is 46.9 Å². The highest BCUT2D eigenvalue weighted by Crippen LogP contribution is 2.36.